The molecule has 32 heavy (non-hydrogen) atoms. The first-order valence-corrected chi connectivity index (χ1v) is 10.5. The van der Waals surface area contributed by atoms with Gasteiger partial charge in [0.2, 0.25) is 0 Å². The van der Waals surface area contributed by atoms with Crippen molar-refractivity contribution in [3.8, 4) is 34.0 Å². The number of carbonyl (C=O) groups is 1. The molecule has 0 bridgehead atoms. The molecule has 1 unspecified atom stereocenters. The summed E-state index contributed by atoms with van der Waals surface area (Å²) in [5, 5.41) is 4.61. The molecule has 0 N–H and O–H groups in total. The number of benzene rings is 2. The van der Waals surface area contributed by atoms with Gasteiger partial charge in [-0.2, -0.15) is 14.8 Å². The molecule has 0 spiro atoms. The lowest BCUT2D eigenvalue weighted by Gasteiger charge is -2.18. The summed E-state index contributed by atoms with van der Waals surface area (Å²) in [6, 6.07) is 13.6. The molecule has 1 heterocycles. The van der Waals surface area contributed by atoms with E-state index in [1.54, 1.807) is 45.4 Å². The summed E-state index contributed by atoms with van der Waals surface area (Å²) < 4.78 is 16.8. The maximum atomic E-state index is 13.0. The first kappa shape index (κ1) is 23.0. The summed E-state index contributed by atoms with van der Waals surface area (Å²) in [5.74, 6) is 0.881. The van der Waals surface area contributed by atoms with Crippen LogP contribution in [-0.4, -0.2) is 41.6 Å². The van der Waals surface area contributed by atoms with Crippen LogP contribution in [0, 0.1) is 0 Å². The van der Waals surface area contributed by atoms with Crippen LogP contribution in [0.1, 0.15) is 32.7 Å². The van der Waals surface area contributed by atoms with Crippen LogP contribution in [0.4, 0.5) is 0 Å². The van der Waals surface area contributed by atoms with E-state index in [1.807, 2.05) is 31.2 Å². The largest absolute Gasteiger partial charge is 0.497 e. The van der Waals surface area contributed by atoms with E-state index < -0.39 is 17.7 Å². The predicted molar refractivity (Wildman–Crippen MR) is 121 cm³/mol. The van der Waals surface area contributed by atoms with Crippen LogP contribution in [0.15, 0.2) is 53.3 Å². The highest BCUT2D eigenvalue weighted by atomic mass is 16.5. The Morgan fingerprint density at radius 3 is 1.91 bits per heavy atom. The number of hydrogen-bond acceptors (Lipinski definition) is 7. The molecule has 0 aliphatic carbocycles. The third-order valence-corrected chi connectivity index (χ3v) is 4.98. The van der Waals surface area contributed by atoms with Crippen molar-refractivity contribution >= 4 is 5.97 Å². The standard InChI is InChI=1S/C24H27N3O5/c1-5-7-20(23(28)32-6-2)27-24(29)25-21(16-8-12-18(30-3)13-9-16)22(26-27)17-10-14-19(31-4)15-11-17/h8-15,20H,5-7H2,1-4H3. The second kappa shape index (κ2) is 10.6. The molecule has 2 aromatic carbocycles. The van der Waals surface area contributed by atoms with Crippen LogP contribution >= 0.6 is 0 Å². The summed E-state index contributed by atoms with van der Waals surface area (Å²) in [4.78, 5) is 29.9. The van der Waals surface area contributed by atoms with Gasteiger partial charge >= 0.3 is 11.7 Å². The van der Waals surface area contributed by atoms with Gasteiger partial charge in [-0.15, -0.1) is 0 Å². The van der Waals surface area contributed by atoms with Gasteiger partial charge in [0.05, 0.1) is 20.8 Å². The summed E-state index contributed by atoms with van der Waals surface area (Å²) in [6.07, 6.45) is 1.09. The van der Waals surface area contributed by atoms with E-state index in [4.69, 9.17) is 14.2 Å². The molecule has 0 aliphatic heterocycles. The Hall–Kier alpha value is -3.68. The van der Waals surface area contributed by atoms with Crippen molar-refractivity contribution in [1.29, 1.82) is 0 Å². The van der Waals surface area contributed by atoms with Crippen molar-refractivity contribution in [1.82, 2.24) is 14.8 Å². The van der Waals surface area contributed by atoms with Gasteiger partial charge in [-0.3, -0.25) is 0 Å². The smallest absolute Gasteiger partial charge is 0.365 e. The zero-order chi connectivity index (χ0) is 23.1. The van der Waals surface area contributed by atoms with Crippen molar-refractivity contribution in [3.63, 3.8) is 0 Å². The summed E-state index contributed by atoms with van der Waals surface area (Å²) in [6.45, 7) is 3.88. The van der Waals surface area contributed by atoms with Gasteiger partial charge in [-0.25, -0.2) is 9.59 Å². The van der Waals surface area contributed by atoms with Gasteiger partial charge in [0, 0.05) is 11.1 Å². The molecule has 0 amide bonds. The van der Waals surface area contributed by atoms with Crippen molar-refractivity contribution in [2.24, 2.45) is 0 Å². The van der Waals surface area contributed by atoms with Gasteiger partial charge < -0.3 is 14.2 Å². The van der Waals surface area contributed by atoms with Crippen molar-refractivity contribution in [3.05, 3.63) is 59.0 Å². The lowest BCUT2D eigenvalue weighted by atomic mass is 10.0. The Balaban J connectivity index is 2.21. The van der Waals surface area contributed by atoms with E-state index in [9.17, 15) is 9.59 Å². The second-order valence-electron chi connectivity index (χ2n) is 7.05. The van der Waals surface area contributed by atoms with Crippen LogP contribution in [0.5, 0.6) is 11.5 Å². The van der Waals surface area contributed by atoms with E-state index in [1.165, 1.54) is 0 Å². The van der Waals surface area contributed by atoms with Crippen molar-refractivity contribution in [2.75, 3.05) is 20.8 Å². The van der Waals surface area contributed by atoms with Gasteiger partial charge in [-0.1, -0.05) is 13.3 Å². The molecule has 0 saturated heterocycles. The topological polar surface area (TPSA) is 92.5 Å². The van der Waals surface area contributed by atoms with Gasteiger partial charge in [0.15, 0.2) is 6.04 Å². The molecule has 1 aromatic heterocycles. The highest BCUT2D eigenvalue weighted by molar-refractivity contribution is 5.78. The maximum Gasteiger partial charge on any atom is 0.365 e. The number of nitrogens with zero attached hydrogens (tertiary/aromatic N) is 3. The molecule has 8 heteroatoms. The van der Waals surface area contributed by atoms with Crippen LogP contribution in [-0.2, 0) is 9.53 Å². The molecule has 3 rings (SSSR count). The first-order valence-electron chi connectivity index (χ1n) is 10.5. The molecule has 8 nitrogen and oxygen atoms in total. The molecule has 1 atom stereocenters. The van der Waals surface area contributed by atoms with E-state index in [0.717, 1.165) is 10.2 Å². The summed E-state index contributed by atoms with van der Waals surface area (Å²) >= 11 is 0. The molecule has 0 saturated carbocycles. The van der Waals surface area contributed by atoms with Crippen LogP contribution in [0.2, 0.25) is 0 Å². The molecule has 0 fully saturated rings. The zero-order valence-corrected chi connectivity index (χ0v) is 18.7. The van der Waals surface area contributed by atoms with Crippen molar-refractivity contribution in [2.45, 2.75) is 32.7 Å². The highest BCUT2D eigenvalue weighted by Crippen LogP contribution is 2.30. The number of methoxy groups -OCH3 is 2. The molecule has 0 aliphatic rings. The Morgan fingerprint density at radius 2 is 1.44 bits per heavy atom. The van der Waals surface area contributed by atoms with E-state index >= 15 is 0 Å². The van der Waals surface area contributed by atoms with Crippen molar-refractivity contribution < 1.29 is 19.0 Å². The summed E-state index contributed by atoms with van der Waals surface area (Å²) in [5.41, 5.74) is 1.72. The Bertz CT molecular complexity index is 1110. The fourth-order valence-electron chi connectivity index (χ4n) is 3.35. The van der Waals surface area contributed by atoms with E-state index in [2.05, 4.69) is 10.1 Å². The number of carbonyl (C=O) groups excluding carboxylic acids is 1. The Kier molecular flexibility index (Phi) is 7.59. The van der Waals surface area contributed by atoms with Gasteiger partial charge in [0.1, 0.15) is 22.9 Å². The molecular formula is C24H27N3O5. The number of rotatable bonds is 9. The van der Waals surface area contributed by atoms with E-state index in [-0.39, 0.29) is 6.61 Å². The van der Waals surface area contributed by atoms with Crippen LogP contribution in [0.25, 0.3) is 22.5 Å². The lowest BCUT2D eigenvalue weighted by molar-refractivity contribution is -0.147. The Labute approximate surface area is 186 Å². The number of aromatic nitrogens is 3. The Morgan fingerprint density at radius 1 is 0.906 bits per heavy atom. The third-order valence-electron chi connectivity index (χ3n) is 4.98. The lowest BCUT2D eigenvalue weighted by Crippen LogP contribution is -2.35. The SMILES string of the molecule is CCCC(C(=O)OCC)n1nc(-c2ccc(OC)cc2)c(-c2ccc(OC)cc2)nc1=O. The minimum Gasteiger partial charge on any atom is -0.497 e. The summed E-state index contributed by atoms with van der Waals surface area (Å²) in [7, 11) is 3.18. The number of hydrogen-bond donors (Lipinski definition) is 0. The monoisotopic (exact) mass is 437 g/mol. The second-order valence-corrected chi connectivity index (χ2v) is 7.05. The molecular weight excluding hydrogens is 410 g/mol. The molecule has 3 aromatic rings. The van der Waals surface area contributed by atoms with Gasteiger partial charge in [0.25, 0.3) is 0 Å². The maximum absolute atomic E-state index is 13.0. The number of ether oxygens (including phenoxy) is 3. The average Bonchev–Trinajstić information content (AvgIpc) is 2.83. The van der Waals surface area contributed by atoms with Crippen LogP contribution in [0.3, 0.4) is 0 Å². The minimum absolute atomic E-state index is 0.219. The fourth-order valence-corrected chi connectivity index (χ4v) is 3.35. The number of esters is 1. The first-order chi connectivity index (χ1) is 15.5. The predicted octanol–water partition coefficient (Wildman–Crippen LogP) is 3.89. The molecule has 168 valence electrons. The normalized spacial score (nSPS) is 11.6. The molecule has 0 radical (unpaired) electrons. The highest BCUT2D eigenvalue weighted by Gasteiger charge is 2.26. The van der Waals surface area contributed by atoms with E-state index in [0.29, 0.717) is 41.3 Å². The van der Waals surface area contributed by atoms with Gasteiger partial charge in [-0.05, 0) is 61.9 Å². The quantitative estimate of drug-likeness (QED) is 0.469. The van der Waals surface area contributed by atoms with Crippen LogP contribution < -0.4 is 15.2 Å². The fraction of sp³-hybridized carbons (Fsp3) is 0.333. The minimum atomic E-state index is -0.845. The average molecular weight is 437 g/mol. The zero-order valence-electron chi connectivity index (χ0n) is 18.7. The third kappa shape index (κ3) is 4.96.